The molecule has 0 spiro atoms. The number of esters is 1. The molecule has 1 heterocycles. The lowest BCUT2D eigenvalue weighted by atomic mass is 9.97. The Labute approximate surface area is 144 Å². The molecule has 0 saturated carbocycles. The van der Waals surface area contributed by atoms with Gasteiger partial charge in [-0.1, -0.05) is 23.7 Å². The van der Waals surface area contributed by atoms with Crippen molar-refractivity contribution in [1.82, 2.24) is 0 Å². The van der Waals surface area contributed by atoms with E-state index in [4.69, 9.17) is 16.3 Å². The lowest BCUT2D eigenvalue weighted by Crippen LogP contribution is -2.09. The first-order valence-electron chi connectivity index (χ1n) is 7.33. The van der Waals surface area contributed by atoms with Crippen molar-refractivity contribution in [3.05, 3.63) is 63.7 Å². The molecule has 23 heavy (non-hydrogen) atoms. The van der Waals surface area contributed by atoms with Crippen molar-refractivity contribution in [2.24, 2.45) is 0 Å². The van der Waals surface area contributed by atoms with Crippen LogP contribution in [0.25, 0.3) is 0 Å². The van der Waals surface area contributed by atoms with Gasteiger partial charge in [-0.25, -0.2) is 0 Å². The lowest BCUT2D eigenvalue weighted by molar-refractivity contribution is -0.142. The van der Waals surface area contributed by atoms with Crippen molar-refractivity contribution in [1.29, 1.82) is 0 Å². The molecule has 118 valence electrons. The van der Waals surface area contributed by atoms with Gasteiger partial charge < -0.3 is 4.74 Å². The molecule has 2 aromatic carbocycles. The highest BCUT2D eigenvalue weighted by Gasteiger charge is 2.22. The molecule has 0 saturated heterocycles. The van der Waals surface area contributed by atoms with Crippen LogP contribution in [0, 0.1) is 0 Å². The molecule has 0 N–H and O–H groups in total. The minimum absolute atomic E-state index is 0.0480. The van der Waals surface area contributed by atoms with Crippen LogP contribution in [0.5, 0.6) is 0 Å². The monoisotopic (exact) mass is 346 g/mol. The van der Waals surface area contributed by atoms with Crippen molar-refractivity contribution < 1.29 is 14.3 Å². The summed E-state index contributed by atoms with van der Waals surface area (Å²) in [4.78, 5) is 25.4. The summed E-state index contributed by atoms with van der Waals surface area (Å²) in [5.74, 6) is 0.389. The van der Waals surface area contributed by atoms with E-state index >= 15 is 0 Å². The van der Waals surface area contributed by atoms with E-state index in [9.17, 15) is 9.59 Å². The molecule has 0 radical (unpaired) electrons. The highest BCUT2D eigenvalue weighted by Crippen LogP contribution is 2.35. The zero-order valence-corrected chi connectivity index (χ0v) is 14.2. The van der Waals surface area contributed by atoms with Gasteiger partial charge in [0.1, 0.15) is 0 Å². The first-order valence-corrected chi connectivity index (χ1v) is 8.69. The van der Waals surface area contributed by atoms with E-state index in [-0.39, 0.29) is 18.2 Å². The molecule has 1 aliphatic heterocycles. The fourth-order valence-electron chi connectivity index (χ4n) is 2.56. The maximum absolute atomic E-state index is 12.9. The van der Waals surface area contributed by atoms with E-state index in [1.807, 2.05) is 18.2 Å². The van der Waals surface area contributed by atoms with Crippen LogP contribution in [-0.4, -0.2) is 18.4 Å². The molecule has 5 heteroatoms. The lowest BCUT2D eigenvalue weighted by Gasteiger charge is -2.08. The Morgan fingerprint density at radius 3 is 2.83 bits per heavy atom. The largest absolute Gasteiger partial charge is 0.466 e. The van der Waals surface area contributed by atoms with Crippen molar-refractivity contribution in [2.45, 2.75) is 24.0 Å². The highest BCUT2D eigenvalue weighted by molar-refractivity contribution is 7.98. The number of benzene rings is 2. The van der Waals surface area contributed by atoms with Gasteiger partial charge in [-0.2, -0.15) is 0 Å². The number of hydrogen-bond donors (Lipinski definition) is 0. The van der Waals surface area contributed by atoms with E-state index in [0.29, 0.717) is 22.8 Å². The summed E-state index contributed by atoms with van der Waals surface area (Å²) in [5, 5.41) is 0.549. The molecule has 3 nitrogen and oxygen atoms in total. The molecule has 0 aliphatic carbocycles. The van der Waals surface area contributed by atoms with E-state index < -0.39 is 0 Å². The summed E-state index contributed by atoms with van der Waals surface area (Å²) < 4.78 is 4.97. The average molecular weight is 347 g/mol. The molecule has 3 rings (SSSR count). The van der Waals surface area contributed by atoms with Crippen LogP contribution in [0.2, 0.25) is 5.02 Å². The number of halogens is 1. The quantitative estimate of drug-likeness (QED) is 0.778. The second-order valence-electron chi connectivity index (χ2n) is 5.23. The maximum Gasteiger partial charge on any atom is 0.310 e. The molecule has 1 aliphatic rings. The minimum Gasteiger partial charge on any atom is -0.466 e. The Balaban J connectivity index is 1.98. The third kappa shape index (κ3) is 3.43. The van der Waals surface area contributed by atoms with Crippen LogP contribution in [0.4, 0.5) is 0 Å². The molecular weight excluding hydrogens is 332 g/mol. The summed E-state index contributed by atoms with van der Waals surface area (Å²) in [7, 11) is 0. The number of rotatable bonds is 3. The second-order valence-corrected chi connectivity index (χ2v) is 6.69. The van der Waals surface area contributed by atoms with Crippen molar-refractivity contribution in [3.63, 3.8) is 0 Å². The molecule has 0 amide bonds. The topological polar surface area (TPSA) is 43.4 Å². The van der Waals surface area contributed by atoms with Crippen LogP contribution in [0.3, 0.4) is 0 Å². The van der Waals surface area contributed by atoms with Gasteiger partial charge in [0.25, 0.3) is 0 Å². The van der Waals surface area contributed by atoms with Crippen LogP contribution in [-0.2, 0) is 21.7 Å². The number of hydrogen-bond acceptors (Lipinski definition) is 4. The Bertz CT molecular complexity index is 786. The van der Waals surface area contributed by atoms with Crippen LogP contribution >= 0.6 is 23.4 Å². The predicted octanol–water partition coefficient (Wildman–Crippen LogP) is 4.28. The summed E-state index contributed by atoms with van der Waals surface area (Å²) in [6.07, 6.45) is 0.168. The number of ether oxygens (including phenoxy) is 1. The zero-order valence-electron chi connectivity index (χ0n) is 12.6. The number of carbonyl (C=O) groups excluding carboxylic acids is 2. The molecule has 0 fully saturated rings. The van der Waals surface area contributed by atoms with Gasteiger partial charge in [0.05, 0.1) is 13.0 Å². The van der Waals surface area contributed by atoms with Gasteiger partial charge in [-0.05, 0) is 42.3 Å². The molecule has 0 atom stereocenters. The fourth-order valence-corrected chi connectivity index (χ4v) is 3.76. The standard InChI is InChI=1S/C18H15ClO3S/c1-2-22-17(20)8-11-3-6-16-15(7-11)18(21)14-9-13(19)5-4-12(14)10-23-16/h3-7,9H,2,8,10H2,1H3. The number of fused-ring (bicyclic) bond motifs is 2. The van der Waals surface area contributed by atoms with E-state index in [1.54, 1.807) is 36.9 Å². The number of carbonyl (C=O) groups is 2. The Hall–Kier alpha value is -1.78. The predicted molar refractivity (Wildman–Crippen MR) is 91.2 cm³/mol. The average Bonchev–Trinajstić information content (AvgIpc) is 2.66. The normalized spacial score (nSPS) is 13.0. The van der Waals surface area contributed by atoms with Crippen molar-refractivity contribution >= 4 is 35.1 Å². The van der Waals surface area contributed by atoms with Crippen LogP contribution in [0.1, 0.15) is 34.0 Å². The Kier molecular flexibility index (Phi) is 4.74. The second kappa shape index (κ2) is 6.77. The third-order valence-electron chi connectivity index (χ3n) is 3.64. The molecule has 2 aromatic rings. The summed E-state index contributed by atoms with van der Waals surface area (Å²) >= 11 is 7.66. The van der Waals surface area contributed by atoms with E-state index in [2.05, 4.69) is 0 Å². The zero-order chi connectivity index (χ0) is 16.4. The SMILES string of the molecule is CCOC(=O)Cc1ccc2c(c1)C(=O)c1cc(Cl)ccc1CS2. The Morgan fingerprint density at radius 2 is 2.04 bits per heavy atom. The van der Waals surface area contributed by atoms with Gasteiger partial charge in [0, 0.05) is 26.8 Å². The van der Waals surface area contributed by atoms with Gasteiger partial charge in [0.15, 0.2) is 5.78 Å². The van der Waals surface area contributed by atoms with Gasteiger partial charge in [-0.3, -0.25) is 9.59 Å². The summed E-state index contributed by atoms with van der Waals surface area (Å²) in [6, 6.07) is 11.0. The molecule has 0 aromatic heterocycles. The fraction of sp³-hybridized carbons (Fsp3) is 0.222. The number of thioether (sulfide) groups is 1. The van der Waals surface area contributed by atoms with Crippen LogP contribution in [0.15, 0.2) is 41.3 Å². The minimum atomic E-state index is -0.287. The molecule has 0 unspecified atom stereocenters. The Morgan fingerprint density at radius 1 is 1.22 bits per heavy atom. The van der Waals surface area contributed by atoms with E-state index in [0.717, 1.165) is 21.8 Å². The summed E-state index contributed by atoms with van der Waals surface area (Å²) in [6.45, 7) is 2.13. The summed E-state index contributed by atoms with van der Waals surface area (Å²) in [5.41, 5.74) is 3.02. The van der Waals surface area contributed by atoms with Crippen molar-refractivity contribution in [2.75, 3.05) is 6.61 Å². The van der Waals surface area contributed by atoms with Gasteiger partial charge in [-0.15, -0.1) is 11.8 Å². The van der Waals surface area contributed by atoms with Crippen molar-refractivity contribution in [3.8, 4) is 0 Å². The molecule has 0 bridgehead atoms. The first kappa shape index (κ1) is 16.1. The van der Waals surface area contributed by atoms with Gasteiger partial charge in [0.2, 0.25) is 0 Å². The molecular formula is C18H15ClO3S. The van der Waals surface area contributed by atoms with E-state index in [1.165, 1.54) is 0 Å². The smallest absolute Gasteiger partial charge is 0.310 e. The maximum atomic E-state index is 12.9. The van der Waals surface area contributed by atoms with Crippen LogP contribution < -0.4 is 0 Å². The van der Waals surface area contributed by atoms with Gasteiger partial charge >= 0.3 is 5.97 Å². The first-order chi connectivity index (χ1) is 11.1. The number of ketones is 1. The third-order valence-corrected chi connectivity index (χ3v) is 5.00. The highest BCUT2D eigenvalue weighted by atomic mass is 35.5.